The fourth-order valence-corrected chi connectivity index (χ4v) is 2.67. The van der Waals surface area contributed by atoms with Crippen molar-refractivity contribution >= 4 is 10.9 Å². The molecule has 2 unspecified atom stereocenters. The Morgan fingerprint density at radius 2 is 2.15 bits per heavy atom. The molecule has 2 N–H and O–H groups in total. The number of nitrogens with zero attached hydrogens (tertiary/aromatic N) is 1. The van der Waals surface area contributed by atoms with Crippen LogP contribution in [0.5, 0.6) is 5.88 Å². The van der Waals surface area contributed by atoms with Crippen LogP contribution in [0, 0.1) is 0 Å². The molecule has 2 atom stereocenters. The van der Waals surface area contributed by atoms with Gasteiger partial charge in [-0.15, -0.1) is 0 Å². The van der Waals surface area contributed by atoms with E-state index in [9.17, 15) is 15.0 Å². The fourth-order valence-electron chi connectivity index (χ4n) is 2.67. The third-order valence-electron chi connectivity index (χ3n) is 4.00. The summed E-state index contributed by atoms with van der Waals surface area (Å²) >= 11 is 0. The number of hydrogen-bond acceptors (Lipinski definition) is 4. The van der Waals surface area contributed by atoms with Crippen molar-refractivity contribution in [1.82, 2.24) is 4.57 Å². The number of benzene rings is 1. The van der Waals surface area contributed by atoms with Crippen LogP contribution in [0.25, 0.3) is 10.9 Å². The van der Waals surface area contributed by atoms with Crippen molar-refractivity contribution in [1.29, 1.82) is 0 Å². The van der Waals surface area contributed by atoms with E-state index < -0.39 is 18.3 Å². The Kier molecular flexibility index (Phi) is 2.84. The lowest BCUT2D eigenvalue weighted by molar-refractivity contribution is -0.0744. The summed E-state index contributed by atoms with van der Waals surface area (Å²) in [6, 6.07) is 7.34. The van der Waals surface area contributed by atoms with Gasteiger partial charge in [-0.2, -0.15) is 0 Å². The Morgan fingerprint density at radius 1 is 1.45 bits per heavy atom. The first-order valence-electron chi connectivity index (χ1n) is 6.56. The van der Waals surface area contributed by atoms with Gasteiger partial charge in [0.2, 0.25) is 5.88 Å². The number of pyridine rings is 1. The molecule has 3 rings (SSSR count). The summed E-state index contributed by atoms with van der Waals surface area (Å²) in [7, 11) is 1.83. The van der Waals surface area contributed by atoms with Gasteiger partial charge in [0.15, 0.2) is 5.43 Å². The Bertz CT molecular complexity index is 732. The van der Waals surface area contributed by atoms with E-state index in [1.165, 1.54) is 6.92 Å². The predicted molar refractivity (Wildman–Crippen MR) is 75.0 cm³/mol. The molecule has 20 heavy (non-hydrogen) atoms. The molecule has 1 aliphatic heterocycles. The lowest BCUT2D eigenvalue weighted by Crippen LogP contribution is -2.45. The standard InChI is InChI=1S/C15H17NO4/c1-15(19,8-17)12-7-10-13(18)9-5-3-4-6-11(9)16(2)14(10)20-12/h3-6,12,17,19H,7-8H2,1-2H3. The van der Waals surface area contributed by atoms with Crippen LogP contribution in [-0.2, 0) is 13.5 Å². The van der Waals surface area contributed by atoms with Crippen LogP contribution in [0.3, 0.4) is 0 Å². The largest absolute Gasteiger partial charge is 0.472 e. The number of aromatic nitrogens is 1. The Hall–Kier alpha value is -1.85. The van der Waals surface area contributed by atoms with Crippen molar-refractivity contribution in [3.8, 4) is 5.88 Å². The topological polar surface area (TPSA) is 71.7 Å². The minimum Gasteiger partial charge on any atom is -0.472 e. The number of aliphatic hydroxyl groups excluding tert-OH is 1. The molecule has 1 aromatic carbocycles. The molecule has 0 bridgehead atoms. The molecule has 0 saturated heterocycles. The molecular formula is C15H17NO4. The zero-order valence-corrected chi connectivity index (χ0v) is 11.5. The fraction of sp³-hybridized carbons (Fsp3) is 0.400. The maximum absolute atomic E-state index is 12.5. The van der Waals surface area contributed by atoms with Crippen LogP contribution in [0.2, 0.25) is 0 Å². The molecule has 0 fully saturated rings. The number of para-hydroxylation sites is 1. The van der Waals surface area contributed by atoms with Crippen molar-refractivity contribution in [3.63, 3.8) is 0 Å². The van der Waals surface area contributed by atoms with E-state index in [0.29, 0.717) is 23.3 Å². The maximum atomic E-state index is 12.5. The lowest BCUT2D eigenvalue weighted by atomic mass is 9.96. The molecule has 106 valence electrons. The van der Waals surface area contributed by atoms with Crippen LogP contribution in [0.1, 0.15) is 12.5 Å². The second kappa shape index (κ2) is 4.33. The van der Waals surface area contributed by atoms with E-state index in [1.54, 1.807) is 6.07 Å². The summed E-state index contributed by atoms with van der Waals surface area (Å²) in [5, 5.41) is 20.0. The van der Waals surface area contributed by atoms with E-state index in [1.807, 2.05) is 29.8 Å². The molecule has 2 heterocycles. The Morgan fingerprint density at radius 3 is 2.85 bits per heavy atom. The number of aliphatic hydroxyl groups is 2. The summed E-state index contributed by atoms with van der Waals surface area (Å²) in [6.45, 7) is 1.09. The van der Waals surface area contributed by atoms with Gasteiger partial charge in [-0.25, -0.2) is 0 Å². The summed E-state index contributed by atoms with van der Waals surface area (Å²) in [5.41, 5.74) is -0.0830. The molecule has 0 amide bonds. The highest BCUT2D eigenvalue weighted by Crippen LogP contribution is 2.32. The van der Waals surface area contributed by atoms with Crippen molar-refractivity contribution in [2.24, 2.45) is 7.05 Å². The highest BCUT2D eigenvalue weighted by atomic mass is 16.5. The Labute approximate surface area is 116 Å². The molecule has 0 saturated carbocycles. The minimum absolute atomic E-state index is 0.0649. The molecule has 5 nitrogen and oxygen atoms in total. The van der Waals surface area contributed by atoms with Crippen molar-refractivity contribution in [2.75, 3.05) is 6.61 Å². The summed E-state index contributed by atoms with van der Waals surface area (Å²) in [4.78, 5) is 12.5. The average Bonchev–Trinajstić information content (AvgIpc) is 2.91. The number of fused-ring (bicyclic) bond motifs is 2. The number of hydrogen-bond donors (Lipinski definition) is 2. The normalized spacial score (nSPS) is 20.5. The molecule has 5 heteroatoms. The monoisotopic (exact) mass is 275 g/mol. The molecular weight excluding hydrogens is 258 g/mol. The van der Waals surface area contributed by atoms with E-state index >= 15 is 0 Å². The van der Waals surface area contributed by atoms with Gasteiger partial charge in [0, 0.05) is 18.9 Å². The highest BCUT2D eigenvalue weighted by molar-refractivity contribution is 5.81. The van der Waals surface area contributed by atoms with Crippen LogP contribution >= 0.6 is 0 Å². The van der Waals surface area contributed by atoms with Gasteiger partial charge in [0.25, 0.3) is 0 Å². The van der Waals surface area contributed by atoms with Crippen LogP contribution < -0.4 is 10.2 Å². The van der Waals surface area contributed by atoms with Crippen LogP contribution in [0.15, 0.2) is 29.1 Å². The maximum Gasteiger partial charge on any atom is 0.201 e. The Balaban J connectivity index is 2.20. The lowest BCUT2D eigenvalue weighted by Gasteiger charge is -2.27. The second-order valence-electron chi connectivity index (χ2n) is 5.51. The average molecular weight is 275 g/mol. The molecule has 0 aliphatic carbocycles. The zero-order chi connectivity index (χ0) is 14.5. The first-order valence-corrected chi connectivity index (χ1v) is 6.56. The highest BCUT2D eigenvalue weighted by Gasteiger charge is 2.40. The van der Waals surface area contributed by atoms with Gasteiger partial charge in [-0.1, -0.05) is 12.1 Å². The molecule has 0 spiro atoms. The minimum atomic E-state index is -1.37. The third-order valence-corrected chi connectivity index (χ3v) is 4.00. The summed E-state index contributed by atoms with van der Waals surface area (Å²) in [5.74, 6) is 0.479. The first kappa shape index (κ1) is 13.1. The van der Waals surface area contributed by atoms with Gasteiger partial charge in [0.05, 0.1) is 17.7 Å². The van der Waals surface area contributed by atoms with Gasteiger partial charge in [-0.05, 0) is 19.1 Å². The zero-order valence-electron chi connectivity index (χ0n) is 11.5. The third kappa shape index (κ3) is 1.74. The SMILES string of the molecule is Cn1c2c(c(=O)c3ccccc31)CC(C(C)(O)CO)O2. The number of aryl methyl sites for hydroxylation is 1. The molecule has 1 aromatic heterocycles. The van der Waals surface area contributed by atoms with E-state index in [2.05, 4.69) is 0 Å². The van der Waals surface area contributed by atoms with E-state index in [-0.39, 0.29) is 5.43 Å². The predicted octanol–water partition coefficient (Wildman–Crippen LogP) is 0.585. The quantitative estimate of drug-likeness (QED) is 0.841. The first-order chi connectivity index (χ1) is 9.45. The second-order valence-corrected chi connectivity index (χ2v) is 5.51. The van der Waals surface area contributed by atoms with Gasteiger partial charge in [0.1, 0.15) is 11.7 Å². The van der Waals surface area contributed by atoms with Gasteiger partial charge >= 0.3 is 0 Å². The van der Waals surface area contributed by atoms with Crippen molar-refractivity contribution in [3.05, 3.63) is 40.1 Å². The molecule has 1 aliphatic rings. The van der Waals surface area contributed by atoms with Crippen molar-refractivity contribution < 1.29 is 14.9 Å². The number of rotatable bonds is 2. The van der Waals surface area contributed by atoms with Crippen LogP contribution in [0.4, 0.5) is 0 Å². The van der Waals surface area contributed by atoms with Gasteiger partial charge < -0.3 is 19.5 Å². The smallest absolute Gasteiger partial charge is 0.201 e. The van der Waals surface area contributed by atoms with E-state index in [0.717, 1.165) is 5.52 Å². The molecule has 2 aromatic rings. The van der Waals surface area contributed by atoms with Crippen LogP contribution in [-0.4, -0.2) is 33.1 Å². The van der Waals surface area contributed by atoms with Crippen molar-refractivity contribution in [2.45, 2.75) is 25.0 Å². The summed E-state index contributed by atoms with van der Waals surface area (Å²) in [6.07, 6.45) is -0.307. The summed E-state index contributed by atoms with van der Waals surface area (Å²) < 4.78 is 7.55. The van der Waals surface area contributed by atoms with E-state index in [4.69, 9.17) is 4.74 Å². The van der Waals surface area contributed by atoms with Gasteiger partial charge in [-0.3, -0.25) is 4.79 Å². The molecule has 0 radical (unpaired) electrons. The number of ether oxygens (including phenoxy) is 1.